The lowest BCUT2D eigenvalue weighted by Crippen LogP contribution is -2.59. The Morgan fingerprint density at radius 3 is 1.10 bits per heavy atom. The SMILES string of the molecule is CC(C)N=c1oc(=O)n(C)c(=O)n1C(C)C.CC(C)n1c(=O)oc(=O)n(C)c1=O.CN1C(=O)N(C)C1=O.CNC(=O)N(C)C(=O)NC.CNC(=O)N(C)C(=O)OC.Cn1c(=O)n(C)c(=O)n(C)c1=O. The Morgan fingerprint density at radius 1 is 0.493 bits per heavy atom. The number of carbonyl (C=O) groups excluding carboxylic acids is 6. The van der Waals surface area contributed by atoms with Gasteiger partial charge in [-0.15, -0.1) is 0 Å². The van der Waals surface area contributed by atoms with Crippen molar-refractivity contribution in [2.24, 2.45) is 40.2 Å². The fourth-order valence-corrected chi connectivity index (χ4v) is 4.51. The monoisotopic (exact) mass is 989 g/mol. The molecule has 3 aromatic rings. The lowest BCUT2D eigenvalue weighted by molar-refractivity contribution is 0.125. The van der Waals surface area contributed by atoms with Crippen LogP contribution >= 0.6 is 0 Å². The molecule has 1 fully saturated rings. The van der Waals surface area contributed by atoms with Crippen LogP contribution in [0.5, 0.6) is 0 Å². The highest BCUT2D eigenvalue weighted by atomic mass is 16.5. The molecule has 0 bridgehead atoms. The Balaban J connectivity index is 0. The van der Waals surface area contributed by atoms with Gasteiger partial charge in [-0.25, -0.2) is 124 Å². The first-order chi connectivity index (χ1) is 31.7. The van der Waals surface area contributed by atoms with Crippen molar-refractivity contribution >= 4 is 36.2 Å². The molecule has 1 aliphatic heterocycles. The van der Waals surface area contributed by atoms with E-state index in [1.807, 2.05) is 27.7 Å². The third kappa shape index (κ3) is 17.1. The second-order valence-electron chi connectivity index (χ2n) is 14.6. The highest BCUT2D eigenvalue weighted by molar-refractivity contribution is 6.11. The molecule has 0 atom stereocenters. The number of amides is 11. The number of imide groups is 4. The van der Waals surface area contributed by atoms with Gasteiger partial charge in [-0.3, -0.25) is 0 Å². The van der Waals surface area contributed by atoms with Crippen molar-refractivity contribution in [1.29, 1.82) is 0 Å². The number of aromatic nitrogens is 7. The summed E-state index contributed by atoms with van der Waals surface area (Å²) in [4.78, 5) is 161. The highest BCUT2D eigenvalue weighted by Gasteiger charge is 2.37. The first kappa shape index (κ1) is 62.7. The van der Waals surface area contributed by atoms with Gasteiger partial charge in [0.2, 0.25) is 0 Å². The number of hydrogen-bond acceptors (Lipinski definition) is 18. The largest absolute Gasteiger partial charge is 0.452 e. The van der Waals surface area contributed by atoms with Gasteiger partial charge in [0.1, 0.15) is 0 Å². The molecule has 3 N–H and O–H groups in total. The second kappa shape index (κ2) is 28.0. The summed E-state index contributed by atoms with van der Waals surface area (Å²) in [5.41, 5.74) is -2.81. The van der Waals surface area contributed by atoms with Crippen molar-refractivity contribution in [2.45, 2.75) is 59.7 Å². The van der Waals surface area contributed by atoms with Gasteiger partial charge in [-0.2, -0.15) is 0 Å². The summed E-state index contributed by atoms with van der Waals surface area (Å²) in [5.74, 6) is -2.55. The van der Waals surface area contributed by atoms with E-state index in [0.29, 0.717) is 0 Å². The minimum Gasteiger partial charge on any atom is -0.452 e. The van der Waals surface area contributed by atoms with E-state index in [0.717, 1.165) is 47.0 Å². The summed E-state index contributed by atoms with van der Waals surface area (Å²) >= 11 is 0. The Kier molecular flexibility index (Phi) is 25.4. The zero-order valence-corrected chi connectivity index (χ0v) is 42.0. The number of hydrogen-bond donors (Lipinski definition) is 3. The van der Waals surface area contributed by atoms with E-state index < -0.39 is 69.9 Å². The lowest BCUT2D eigenvalue weighted by atomic mass is 10.4. The molecule has 0 unspecified atom stereocenters. The molecular formula is C37H63N15O17. The van der Waals surface area contributed by atoms with Crippen molar-refractivity contribution in [3.8, 4) is 0 Å². The zero-order valence-electron chi connectivity index (χ0n) is 42.0. The smallest absolute Gasteiger partial charge is 0.427 e. The van der Waals surface area contributed by atoms with E-state index in [9.17, 15) is 67.1 Å². The maximum absolute atomic E-state index is 11.8. The molecule has 4 heterocycles. The average molecular weight is 990 g/mol. The molecule has 388 valence electrons. The van der Waals surface area contributed by atoms with Crippen LogP contribution in [-0.2, 0) is 40.0 Å². The van der Waals surface area contributed by atoms with Gasteiger partial charge in [0, 0.05) is 103 Å². The van der Waals surface area contributed by atoms with Crippen LogP contribution in [0.3, 0.4) is 0 Å². The number of methoxy groups -OCH3 is 1. The maximum Gasteiger partial charge on any atom is 0.427 e. The summed E-state index contributed by atoms with van der Waals surface area (Å²) in [5, 5.41) is 6.88. The zero-order chi connectivity index (χ0) is 54.7. The van der Waals surface area contributed by atoms with Crippen LogP contribution in [-0.4, -0.2) is 150 Å². The van der Waals surface area contributed by atoms with E-state index in [1.54, 1.807) is 13.8 Å². The Bertz CT molecular complexity index is 2690. The van der Waals surface area contributed by atoms with Crippen LogP contribution in [0, 0.1) is 0 Å². The number of carbonyl (C=O) groups is 6. The van der Waals surface area contributed by atoms with Gasteiger partial charge >= 0.3 is 87.7 Å². The minimum atomic E-state index is -0.938. The van der Waals surface area contributed by atoms with Crippen LogP contribution < -0.4 is 67.4 Å². The first-order valence-corrected chi connectivity index (χ1v) is 19.9. The van der Waals surface area contributed by atoms with Crippen LogP contribution in [0.1, 0.15) is 53.6 Å². The van der Waals surface area contributed by atoms with Gasteiger partial charge in [-0.1, -0.05) is 0 Å². The van der Waals surface area contributed by atoms with Gasteiger partial charge in [0.25, 0.3) is 0 Å². The fraction of sp³-hybridized carbons (Fsp3) is 0.595. The van der Waals surface area contributed by atoms with Gasteiger partial charge in [0.05, 0.1) is 7.11 Å². The van der Waals surface area contributed by atoms with Gasteiger partial charge in [-0.05, 0) is 41.5 Å². The van der Waals surface area contributed by atoms with Gasteiger partial charge in [0.15, 0.2) is 0 Å². The van der Waals surface area contributed by atoms with Crippen LogP contribution in [0.4, 0.5) is 28.8 Å². The third-order valence-corrected chi connectivity index (χ3v) is 8.56. The minimum absolute atomic E-state index is 0.0414. The molecule has 69 heavy (non-hydrogen) atoms. The molecule has 32 heteroatoms. The van der Waals surface area contributed by atoms with E-state index in [-0.39, 0.29) is 35.9 Å². The highest BCUT2D eigenvalue weighted by Crippen LogP contribution is 2.08. The molecule has 1 aliphatic rings. The molecule has 0 radical (unpaired) electrons. The molecule has 3 aromatic heterocycles. The van der Waals surface area contributed by atoms with Crippen LogP contribution in [0.15, 0.2) is 52.2 Å². The quantitative estimate of drug-likeness (QED) is 0.230. The van der Waals surface area contributed by atoms with Gasteiger partial charge < -0.3 is 29.5 Å². The normalized spacial score (nSPS) is 11.4. The first-order valence-electron chi connectivity index (χ1n) is 19.9. The number of ether oxygens (including phenoxy) is 1. The Hall–Kier alpha value is -8.35. The van der Waals surface area contributed by atoms with Crippen molar-refractivity contribution < 1.29 is 42.3 Å². The molecule has 0 aliphatic carbocycles. The fourth-order valence-electron chi connectivity index (χ4n) is 4.51. The molecule has 32 nitrogen and oxygen atoms in total. The van der Waals surface area contributed by atoms with E-state index in [2.05, 4.69) is 30.1 Å². The van der Waals surface area contributed by atoms with Crippen LogP contribution in [0.25, 0.3) is 0 Å². The molecule has 1 saturated heterocycles. The molecule has 0 saturated carbocycles. The molecule has 0 spiro atoms. The summed E-state index contributed by atoms with van der Waals surface area (Å²) in [7, 11) is 17.8. The van der Waals surface area contributed by atoms with E-state index in [4.69, 9.17) is 4.42 Å². The van der Waals surface area contributed by atoms with E-state index in [1.165, 1.54) is 96.2 Å². The maximum atomic E-state index is 11.8. The number of urea groups is 5. The predicted molar refractivity (Wildman–Crippen MR) is 244 cm³/mol. The summed E-state index contributed by atoms with van der Waals surface area (Å²) in [6.07, 6.45) is -0.681. The summed E-state index contributed by atoms with van der Waals surface area (Å²) < 4.78 is 20.1. The summed E-state index contributed by atoms with van der Waals surface area (Å²) in [6, 6.07) is -2.31. The predicted octanol–water partition coefficient (Wildman–Crippen LogP) is -3.38. The molecule has 11 amide bonds. The van der Waals surface area contributed by atoms with Crippen molar-refractivity contribution in [3.05, 3.63) is 89.8 Å². The van der Waals surface area contributed by atoms with Crippen molar-refractivity contribution in [2.75, 3.05) is 56.4 Å². The van der Waals surface area contributed by atoms with Crippen molar-refractivity contribution in [1.82, 2.24) is 67.5 Å². The Labute approximate surface area is 391 Å². The average Bonchev–Trinajstić information content (AvgIpc) is 3.31. The number of rotatable bonds is 3. The van der Waals surface area contributed by atoms with Crippen molar-refractivity contribution in [3.63, 3.8) is 0 Å². The lowest BCUT2D eigenvalue weighted by Gasteiger charge is -2.32. The molecule has 4 rings (SSSR count). The second-order valence-corrected chi connectivity index (χ2v) is 14.6. The van der Waals surface area contributed by atoms with E-state index >= 15 is 0 Å². The molecule has 0 aromatic carbocycles. The molecular weight excluding hydrogens is 926 g/mol. The summed E-state index contributed by atoms with van der Waals surface area (Å²) in [6.45, 7) is 10.7. The topological polar surface area (TPSA) is 370 Å². The number of nitrogens with zero attached hydrogens (tertiary/aromatic N) is 12. The standard InChI is InChI=1S/C10H17N3O3.C7H10N2O4.C6H9N3O3.C5H11N3O2.C5H10N2O3.C4H6N2O2/c1-6(2)11-8-13(7(3)4)9(14)12(5)10(15)16-8;1-4(2)9-5(10)8(3)6(11)13-7(9)12;1-7-4(10)8(2)6(12)9(3)5(7)11;1-6-4(9)8(3)5(10)7-2;1-6-4(8)7(2)5(9)10-3;1-5-3(7)6(2)4(5)8/h6-7H,1-5H3;4H,1-3H3;1-3H3;1-3H3,(H,6,9)(H,7,10);1-3H3,(H,6,8);1-2H3. The van der Waals surface area contributed by atoms with Crippen LogP contribution in [0.2, 0.25) is 0 Å². The number of nitrogens with one attached hydrogen (secondary N) is 3. The Morgan fingerprint density at radius 2 is 0.812 bits per heavy atom. The third-order valence-electron chi connectivity index (χ3n) is 8.56.